The molecule has 1 saturated carbocycles. The maximum absolute atomic E-state index is 12.0. The minimum atomic E-state index is -3.44. The molecular formula is C10H18N4O2S. The van der Waals surface area contributed by atoms with Crippen LogP contribution >= 0.6 is 0 Å². The van der Waals surface area contributed by atoms with E-state index in [1.807, 2.05) is 13.8 Å². The number of sulfonamides is 1. The van der Waals surface area contributed by atoms with Crippen molar-refractivity contribution in [2.24, 2.45) is 11.1 Å². The molecule has 0 saturated heterocycles. The summed E-state index contributed by atoms with van der Waals surface area (Å²) in [6, 6.07) is 0.0327. The van der Waals surface area contributed by atoms with E-state index in [2.05, 4.69) is 9.82 Å². The van der Waals surface area contributed by atoms with Crippen LogP contribution < -0.4 is 10.5 Å². The molecule has 1 aromatic heterocycles. The standard InChI is InChI=1S/C10H18N4O2S/c1-10(2)5-9(10)13-17(15,16)8-6-12-14(7-8)4-3-11/h6-7,9,13H,3-5,11H2,1-2H3. The van der Waals surface area contributed by atoms with Crippen molar-refractivity contribution in [3.8, 4) is 0 Å². The molecule has 1 heterocycles. The Balaban J connectivity index is 2.09. The fourth-order valence-electron chi connectivity index (χ4n) is 1.66. The van der Waals surface area contributed by atoms with Gasteiger partial charge in [-0.15, -0.1) is 0 Å². The van der Waals surface area contributed by atoms with Crippen LogP contribution in [0.15, 0.2) is 17.3 Å². The Kier molecular flexibility index (Phi) is 3.01. The minimum absolute atomic E-state index is 0.0327. The Morgan fingerprint density at radius 3 is 2.82 bits per heavy atom. The predicted molar refractivity (Wildman–Crippen MR) is 63.8 cm³/mol. The van der Waals surface area contributed by atoms with Crippen LogP contribution in [0.3, 0.4) is 0 Å². The number of nitrogens with two attached hydrogens (primary N) is 1. The maximum Gasteiger partial charge on any atom is 0.243 e. The van der Waals surface area contributed by atoms with Crippen molar-refractivity contribution in [1.29, 1.82) is 0 Å². The molecule has 0 radical (unpaired) electrons. The Morgan fingerprint density at radius 2 is 2.29 bits per heavy atom. The second-order valence-corrected chi connectivity index (χ2v) is 6.81. The minimum Gasteiger partial charge on any atom is -0.329 e. The zero-order valence-electron chi connectivity index (χ0n) is 10.0. The van der Waals surface area contributed by atoms with Gasteiger partial charge in [0.15, 0.2) is 0 Å². The van der Waals surface area contributed by atoms with Gasteiger partial charge in [0.2, 0.25) is 10.0 Å². The van der Waals surface area contributed by atoms with Gasteiger partial charge in [0.1, 0.15) is 4.90 Å². The average Bonchev–Trinajstić information content (AvgIpc) is 2.66. The summed E-state index contributed by atoms with van der Waals surface area (Å²) < 4.78 is 28.2. The van der Waals surface area contributed by atoms with Gasteiger partial charge in [-0.25, -0.2) is 13.1 Å². The maximum atomic E-state index is 12.0. The molecule has 3 N–H and O–H groups in total. The molecule has 7 heteroatoms. The van der Waals surface area contributed by atoms with Gasteiger partial charge >= 0.3 is 0 Å². The van der Waals surface area contributed by atoms with Crippen molar-refractivity contribution in [2.45, 2.75) is 37.8 Å². The first-order valence-corrected chi connectivity index (χ1v) is 7.08. The highest BCUT2D eigenvalue weighted by Crippen LogP contribution is 2.45. The Bertz CT molecular complexity index is 506. The van der Waals surface area contributed by atoms with Crippen molar-refractivity contribution < 1.29 is 8.42 Å². The first kappa shape index (κ1) is 12.5. The molecule has 0 aliphatic heterocycles. The fraction of sp³-hybridized carbons (Fsp3) is 0.700. The summed E-state index contributed by atoms with van der Waals surface area (Å²) in [5.74, 6) is 0. The van der Waals surface area contributed by atoms with E-state index < -0.39 is 10.0 Å². The van der Waals surface area contributed by atoms with E-state index in [0.717, 1.165) is 6.42 Å². The molecule has 0 bridgehead atoms. The van der Waals surface area contributed by atoms with Gasteiger partial charge in [0.05, 0.1) is 12.7 Å². The lowest BCUT2D eigenvalue weighted by molar-refractivity contribution is 0.554. The van der Waals surface area contributed by atoms with Crippen molar-refractivity contribution in [2.75, 3.05) is 6.54 Å². The first-order valence-electron chi connectivity index (χ1n) is 5.60. The highest BCUT2D eigenvalue weighted by molar-refractivity contribution is 7.89. The fourth-order valence-corrected chi connectivity index (χ4v) is 3.02. The Labute approximate surface area is 101 Å². The largest absolute Gasteiger partial charge is 0.329 e. The molecule has 17 heavy (non-hydrogen) atoms. The molecule has 2 rings (SSSR count). The molecular weight excluding hydrogens is 240 g/mol. The molecule has 0 spiro atoms. The number of hydrogen-bond donors (Lipinski definition) is 2. The topological polar surface area (TPSA) is 90.0 Å². The van der Waals surface area contributed by atoms with Crippen molar-refractivity contribution >= 4 is 10.0 Å². The highest BCUT2D eigenvalue weighted by Gasteiger charge is 2.48. The third-order valence-corrected chi connectivity index (χ3v) is 4.52. The second-order valence-electron chi connectivity index (χ2n) is 5.09. The molecule has 0 aromatic carbocycles. The van der Waals surface area contributed by atoms with Gasteiger partial charge in [0.25, 0.3) is 0 Å². The van der Waals surface area contributed by atoms with E-state index in [1.54, 1.807) is 0 Å². The van der Waals surface area contributed by atoms with E-state index in [0.29, 0.717) is 13.1 Å². The summed E-state index contributed by atoms with van der Waals surface area (Å²) in [7, 11) is -3.44. The summed E-state index contributed by atoms with van der Waals surface area (Å²) in [5.41, 5.74) is 5.45. The van der Waals surface area contributed by atoms with E-state index in [1.165, 1.54) is 17.1 Å². The van der Waals surface area contributed by atoms with E-state index in [-0.39, 0.29) is 16.4 Å². The molecule has 6 nitrogen and oxygen atoms in total. The molecule has 1 aromatic rings. The van der Waals surface area contributed by atoms with Crippen LogP contribution in [0.5, 0.6) is 0 Å². The number of nitrogens with zero attached hydrogens (tertiary/aromatic N) is 2. The van der Waals surface area contributed by atoms with Crippen molar-refractivity contribution in [3.05, 3.63) is 12.4 Å². The van der Waals surface area contributed by atoms with Gasteiger partial charge in [-0.2, -0.15) is 5.10 Å². The lowest BCUT2D eigenvalue weighted by Crippen LogP contribution is -2.28. The van der Waals surface area contributed by atoms with Gasteiger partial charge < -0.3 is 5.73 Å². The van der Waals surface area contributed by atoms with Crippen LogP contribution in [-0.4, -0.2) is 30.8 Å². The number of rotatable bonds is 5. The van der Waals surface area contributed by atoms with Crippen LogP contribution in [-0.2, 0) is 16.6 Å². The molecule has 96 valence electrons. The summed E-state index contributed by atoms with van der Waals surface area (Å²) in [6.07, 6.45) is 3.74. The monoisotopic (exact) mass is 258 g/mol. The van der Waals surface area contributed by atoms with E-state index in [9.17, 15) is 8.42 Å². The molecule has 1 atom stereocenters. The third kappa shape index (κ3) is 2.67. The molecule has 0 amide bonds. The van der Waals surface area contributed by atoms with Crippen molar-refractivity contribution in [1.82, 2.24) is 14.5 Å². The number of aromatic nitrogens is 2. The molecule has 1 aliphatic rings. The predicted octanol–water partition coefficient (Wildman–Crippen LogP) is -0.0814. The van der Waals surface area contributed by atoms with Gasteiger partial charge in [-0.1, -0.05) is 13.8 Å². The molecule has 1 aliphatic carbocycles. The first-order chi connectivity index (χ1) is 7.85. The summed E-state index contributed by atoms with van der Waals surface area (Å²) >= 11 is 0. The summed E-state index contributed by atoms with van der Waals surface area (Å²) in [4.78, 5) is 0.202. The smallest absolute Gasteiger partial charge is 0.243 e. The van der Waals surface area contributed by atoms with Crippen LogP contribution in [0.2, 0.25) is 0 Å². The van der Waals surface area contributed by atoms with Crippen molar-refractivity contribution in [3.63, 3.8) is 0 Å². The SMILES string of the molecule is CC1(C)CC1NS(=O)(=O)c1cnn(CCN)c1. The van der Waals surface area contributed by atoms with Crippen LogP contribution in [0, 0.1) is 5.41 Å². The third-order valence-electron chi connectivity index (χ3n) is 3.09. The van der Waals surface area contributed by atoms with E-state index in [4.69, 9.17) is 5.73 Å². The zero-order valence-corrected chi connectivity index (χ0v) is 10.9. The highest BCUT2D eigenvalue weighted by atomic mass is 32.2. The van der Waals surface area contributed by atoms with Gasteiger partial charge in [-0.05, 0) is 11.8 Å². The molecule has 1 unspecified atom stereocenters. The average molecular weight is 258 g/mol. The lowest BCUT2D eigenvalue weighted by atomic mass is 10.2. The van der Waals surface area contributed by atoms with Crippen LogP contribution in [0.4, 0.5) is 0 Å². The summed E-state index contributed by atoms with van der Waals surface area (Å²) in [6.45, 7) is 5.03. The quantitative estimate of drug-likeness (QED) is 0.773. The summed E-state index contributed by atoms with van der Waals surface area (Å²) in [5, 5.41) is 3.95. The van der Waals surface area contributed by atoms with Crippen LogP contribution in [0.25, 0.3) is 0 Å². The van der Waals surface area contributed by atoms with E-state index >= 15 is 0 Å². The normalized spacial score (nSPS) is 22.6. The zero-order chi connectivity index (χ0) is 12.7. The Hall–Kier alpha value is -0.920. The lowest BCUT2D eigenvalue weighted by Gasteiger charge is -2.05. The molecule has 1 fully saturated rings. The van der Waals surface area contributed by atoms with Gasteiger partial charge in [0, 0.05) is 18.8 Å². The second kappa shape index (κ2) is 4.08. The number of nitrogens with one attached hydrogen (secondary N) is 1. The Morgan fingerprint density at radius 1 is 1.65 bits per heavy atom. The number of hydrogen-bond acceptors (Lipinski definition) is 4. The van der Waals surface area contributed by atoms with Gasteiger partial charge in [-0.3, -0.25) is 4.68 Å². The van der Waals surface area contributed by atoms with Crippen LogP contribution in [0.1, 0.15) is 20.3 Å².